The van der Waals surface area contributed by atoms with Crippen LogP contribution in [0.25, 0.3) is 10.8 Å². The van der Waals surface area contributed by atoms with Crippen LogP contribution >= 0.6 is 15.9 Å². The lowest BCUT2D eigenvalue weighted by atomic mass is 10.1. The third-order valence-corrected chi connectivity index (χ3v) is 4.32. The van der Waals surface area contributed by atoms with Gasteiger partial charge in [0.2, 0.25) is 0 Å². The molecule has 0 spiro atoms. The van der Waals surface area contributed by atoms with Crippen molar-refractivity contribution in [2.45, 2.75) is 6.10 Å². The summed E-state index contributed by atoms with van der Waals surface area (Å²) in [6.07, 6.45) is 0.0909. The molecule has 1 unspecified atom stereocenters. The molecular weight excluding hydrogens is 318 g/mol. The molecule has 3 nitrogen and oxygen atoms in total. The number of nitrogens with zero attached hydrogens (tertiary/aromatic N) is 1. The summed E-state index contributed by atoms with van der Waals surface area (Å²) in [5.74, 6) is 0.0880. The van der Waals surface area contributed by atoms with E-state index in [4.69, 9.17) is 4.74 Å². The second kappa shape index (κ2) is 5.94. The van der Waals surface area contributed by atoms with E-state index in [1.165, 1.54) is 0 Å². The maximum atomic E-state index is 12.6. The SMILES string of the molecule is O=C(c1ccc2ccccc2c1)N1CCOC(CBr)C1. The number of ether oxygens (including phenoxy) is 1. The zero-order chi connectivity index (χ0) is 13.9. The molecule has 1 fully saturated rings. The van der Waals surface area contributed by atoms with Gasteiger partial charge in [0.05, 0.1) is 12.7 Å². The summed E-state index contributed by atoms with van der Waals surface area (Å²) in [6, 6.07) is 14.0. The van der Waals surface area contributed by atoms with Gasteiger partial charge in [-0.05, 0) is 22.9 Å². The first-order valence-corrected chi connectivity index (χ1v) is 7.86. The minimum atomic E-state index is 0.0880. The standard InChI is InChI=1S/C16H16BrNO2/c17-10-15-11-18(7-8-20-15)16(19)14-6-5-12-3-1-2-4-13(12)9-14/h1-6,9,15H,7-8,10-11H2. The molecule has 20 heavy (non-hydrogen) atoms. The van der Waals surface area contributed by atoms with Crippen LogP contribution in [0.1, 0.15) is 10.4 Å². The molecule has 104 valence electrons. The number of amides is 1. The van der Waals surface area contributed by atoms with E-state index in [9.17, 15) is 4.79 Å². The molecule has 1 amide bonds. The fourth-order valence-corrected chi connectivity index (χ4v) is 2.89. The van der Waals surface area contributed by atoms with Crippen LogP contribution in [0.3, 0.4) is 0 Å². The van der Waals surface area contributed by atoms with Gasteiger partial charge in [0.15, 0.2) is 0 Å². The molecule has 0 bridgehead atoms. The lowest BCUT2D eigenvalue weighted by Gasteiger charge is -2.32. The van der Waals surface area contributed by atoms with Gasteiger partial charge in [0, 0.05) is 24.0 Å². The molecule has 3 rings (SSSR count). The predicted molar refractivity (Wildman–Crippen MR) is 83.4 cm³/mol. The van der Waals surface area contributed by atoms with Crippen molar-refractivity contribution >= 4 is 32.6 Å². The summed E-state index contributed by atoms with van der Waals surface area (Å²) in [6.45, 7) is 1.92. The largest absolute Gasteiger partial charge is 0.374 e. The van der Waals surface area contributed by atoms with Gasteiger partial charge in [-0.3, -0.25) is 4.79 Å². The lowest BCUT2D eigenvalue weighted by molar-refractivity contribution is -0.00964. The predicted octanol–water partition coefficient (Wildman–Crippen LogP) is 3.08. The topological polar surface area (TPSA) is 29.5 Å². The maximum absolute atomic E-state index is 12.6. The molecule has 1 atom stereocenters. The highest BCUT2D eigenvalue weighted by Gasteiger charge is 2.24. The van der Waals surface area contributed by atoms with Crippen molar-refractivity contribution in [2.24, 2.45) is 0 Å². The van der Waals surface area contributed by atoms with Crippen LogP contribution in [0.15, 0.2) is 42.5 Å². The van der Waals surface area contributed by atoms with Gasteiger partial charge in [0.25, 0.3) is 5.91 Å². The fraction of sp³-hybridized carbons (Fsp3) is 0.312. The summed E-state index contributed by atoms with van der Waals surface area (Å²) >= 11 is 3.41. The Morgan fingerprint density at radius 1 is 1.25 bits per heavy atom. The fourth-order valence-electron chi connectivity index (χ4n) is 2.50. The first-order valence-electron chi connectivity index (χ1n) is 6.73. The van der Waals surface area contributed by atoms with Crippen molar-refractivity contribution in [1.82, 2.24) is 4.90 Å². The molecule has 0 radical (unpaired) electrons. The van der Waals surface area contributed by atoms with Gasteiger partial charge in [-0.25, -0.2) is 0 Å². The van der Waals surface area contributed by atoms with E-state index < -0.39 is 0 Å². The average Bonchev–Trinajstić information content (AvgIpc) is 2.53. The maximum Gasteiger partial charge on any atom is 0.254 e. The van der Waals surface area contributed by atoms with Crippen LogP contribution in [0.2, 0.25) is 0 Å². The molecule has 0 N–H and O–H groups in total. The smallest absolute Gasteiger partial charge is 0.254 e. The van der Waals surface area contributed by atoms with E-state index in [1.54, 1.807) is 0 Å². The van der Waals surface area contributed by atoms with Gasteiger partial charge < -0.3 is 9.64 Å². The van der Waals surface area contributed by atoms with Gasteiger partial charge in [-0.15, -0.1) is 0 Å². The molecule has 1 heterocycles. The molecule has 4 heteroatoms. The van der Waals surface area contributed by atoms with Crippen molar-refractivity contribution in [3.63, 3.8) is 0 Å². The van der Waals surface area contributed by atoms with Crippen molar-refractivity contribution in [3.8, 4) is 0 Å². The first-order chi connectivity index (χ1) is 9.78. The third kappa shape index (κ3) is 2.72. The second-order valence-corrected chi connectivity index (χ2v) is 5.61. The highest BCUT2D eigenvalue weighted by atomic mass is 79.9. The number of hydrogen-bond donors (Lipinski definition) is 0. The molecule has 1 saturated heterocycles. The number of alkyl halides is 1. The Hall–Kier alpha value is -1.39. The van der Waals surface area contributed by atoms with Gasteiger partial charge in [0.1, 0.15) is 0 Å². The minimum Gasteiger partial charge on any atom is -0.374 e. The number of fused-ring (bicyclic) bond motifs is 1. The van der Waals surface area contributed by atoms with Crippen molar-refractivity contribution in [1.29, 1.82) is 0 Å². The van der Waals surface area contributed by atoms with E-state index in [1.807, 2.05) is 41.3 Å². The summed E-state index contributed by atoms with van der Waals surface area (Å²) in [4.78, 5) is 14.4. The zero-order valence-corrected chi connectivity index (χ0v) is 12.7. The number of morpholine rings is 1. The number of halogens is 1. The van der Waals surface area contributed by atoms with Crippen LogP contribution in [0.5, 0.6) is 0 Å². The highest BCUT2D eigenvalue weighted by Crippen LogP contribution is 2.18. The van der Waals surface area contributed by atoms with Gasteiger partial charge in [-0.1, -0.05) is 46.3 Å². The zero-order valence-electron chi connectivity index (χ0n) is 11.1. The Labute approximate surface area is 126 Å². The molecule has 0 aliphatic carbocycles. The number of benzene rings is 2. The third-order valence-electron chi connectivity index (χ3n) is 3.59. The monoisotopic (exact) mass is 333 g/mol. The average molecular weight is 334 g/mol. The molecule has 0 saturated carbocycles. The van der Waals surface area contributed by atoms with E-state index in [0.29, 0.717) is 19.7 Å². The van der Waals surface area contributed by atoms with E-state index >= 15 is 0 Å². The summed E-state index contributed by atoms with van der Waals surface area (Å²) in [5, 5.41) is 3.02. The second-order valence-electron chi connectivity index (χ2n) is 4.96. The van der Waals surface area contributed by atoms with Crippen molar-refractivity contribution in [3.05, 3.63) is 48.0 Å². The number of rotatable bonds is 2. The Kier molecular flexibility index (Phi) is 4.03. The molecule has 1 aliphatic heterocycles. The lowest BCUT2D eigenvalue weighted by Crippen LogP contribution is -2.46. The molecular formula is C16H16BrNO2. The Morgan fingerprint density at radius 2 is 2.05 bits per heavy atom. The summed E-state index contributed by atoms with van der Waals surface area (Å²) in [5.41, 5.74) is 0.749. The van der Waals surface area contributed by atoms with Crippen molar-refractivity contribution < 1.29 is 9.53 Å². The van der Waals surface area contributed by atoms with Crippen LogP contribution in [0.4, 0.5) is 0 Å². The quantitative estimate of drug-likeness (QED) is 0.790. The number of hydrogen-bond acceptors (Lipinski definition) is 2. The Bertz CT molecular complexity index is 629. The number of carbonyl (C=O) groups is 1. The normalized spacial score (nSPS) is 19.2. The van der Waals surface area contributed by atoms with Gasteiger partial charge in [-0.2, -0.15) is 0 Å². The molecule has 1 aliphatic rings. The number of carbonyl (C=O) groups excluding carboxylic acids is 1. The molecule has 2 aromatic carbocycles. The van der Waals surface area contributed by atoms with Crippen LogP contribution in [0, 0.1) is 0 Å². The van der Waals surface area contributed by atoms with E-state index in [2.05, 4.69) is 22.0 Å². The van der Waals surface area contributed by atoms with Crippen LogP contribution < -0.4 is 0 Å². The van der Waals surface area contributed by atoms with Crippen LogP contribution in [-0.4, -0.2) is 41.9 Å². The summed E-state index contributed by atoms with van der Waals surface area (Å²) in [7, 11) is 0. The van der Waals surface area contributed by atoms with Crippen molar-refractivity contribution in [2.75, 3.05) is 25.0 Å². The van der Waals surface area contributed by atoms with Gasteiger partial charge >= 0.3 is 0 Å². The molecule has 2 aromatic rings. The van der Waals surface area contributed by atoms with Crippen LogP contribution in [-0.2, 0) is 4.74 Å². The van der Waals surface area contributed by atoms with E-state index in [-0.39, 0.29) is 12.0 Å². The molecule has 0 aromatic heterocycles. The Balaban J connectivity index is 1.84. The Morgan fingerprint density at radius 3 is 2.85 bits per heavy atom. The summed E-state index contributed by atoms with van der Waals surface area (Å²) < 4.78 is 5.57. The highest BCUT2D eigenvalue weighted by molar-refractivity contribution is 9.09. The van der Waals surface area contributed by atoms with E-state index in [0.717, 1.165) is 21.7 Å². The first kappa shape index (κ1) is 13.6. The minimum absolute atomic E-state index is 0.0880.